The standard InChI is InChI=1S/C7H13N2.Y/c1-2-4-7-6(3-1)8-5-9-7;/h5-9H,1-4H2;/q-1;. The van der Waals surface area contributed by atoms with Gasteiger partial charge in [0.05, 0.1) is 0 Å². The minimum Gasteiger partial charge on any atom is -0.453 e. The number of hydrogen-bond acceptors (Lipinski definition) is 2. The Balaban J connectivity index is 0.000000500. The molecule has 1 radical (unpaired) electrons. The van der Waals surface area contributed by atoms with Crippen LogP contribution in [0.3, 0.4) is 0 Å². The zero-order chi connectivity index (χ0) is 6.10. The van der Waals surface area contributed by atoms with Crippen LogP contribution in [0.1, 0.15) is 25.7 Å². The van der Waals surface area contributed by atoms with E-state index in [1.54, 1.807) is 0 Å². The predicted molar refractivity (Wildman–Crippen MR) is 36.6 cm³/mol. The molecule has 0 amide bonds. The molecule has 0 aromatic rings. The average Bonchev–Trinajstić information content (AvgIpc) is 2.33. The molecule has 0 aromatic heterocycles. The summed E-state index contributed by atoms with van der Waals surface area (Å²) in [7, 11) is 0. The van der Waals surface area contributed by atoms with Crippen LogP contribution in [0.5, 0.6) is 0 Å². The van der Waals surface area contributed by atoms with Crippen molar-refractivity contribution in [3.63, 3.8) is 0 Å². The van der Waals surface area contributed by atoms with Crippen molar-refractivity contribution in [3.05, 3.63) is 6.67 Å². The van der Waals surface area contributed by atoms with E-state index >= 15 is 0 Å². The Labute approximate surface area is 87.4 Å². The third-order valence-corrected chi connectivity index (χ3v) is 2.36. The topological polar surface area (TPSA) is 24.1 Å². The Kier molecular flexibility index (Phi) is 3.78. The molecule has 1 heterocycles. The van der Waals surface area contributed by atoms with Gasteiger partial charge in [-0.3, -0.25) is 0 Å². The molecule has 1 saturated carbocycles. The fourth-order valence-electron chi connectivity index (χ4n) is 1.79. The average molecular weight is 214 g/mol. The summed E-state index contributed by atoms with van der Waals surface area (Å²) in [4.78, 5) is 0. The second-order valence-electron chi connectivity index (χ2n) is 2.98. The van der Waals surface area contributed by atoms with Crippen LogP contribution in [-0.2, 0) is 32.7 Å². The van der Waals surface area contributed by atoms with E-state index < -0.39 is 0 Å². The van der Waals surface area contributed by atoms with Gasteiger partial charge < -0.3 is 10.6 Å². The Morgan fingerprint density at radius 1 is 1.00 bits per heavy atom. The first-order valence-electron chi connectivity index (χ1n) is 3.80. The van der Waals surface area contributed by atoms with Crippen molar-refractivity contribution >= 4 is 0 Å². The van der Waals surface area contributed by atoms with Crippen LogP contribution >= 0.6 is 0 Å². The number of nitrogens with one attached hydrogen (secondary N) is 2. The van der Waals surface area contributed by atoms with Crippen molar-refractivity contribution < 1.29 is 32.7 Å². The smallest absolute Gasteiger partial charge is 0 e. The molecule has 2 aliphatic rings. The first-order valence-corrected chi connectivity index (χ1v) is 3.80. The van der Waals surface area contributed by atoms with Gasteiger partial charge in [-0.2, -0.15) is 0 Å². The van der Waals surface area contributed by atoms with E-state index in [4.69, 9.17) is 0 Å². The van der Waals surface area contributed by atoms with Gasteiger partial charge in [-0.25, -0.2) is 6.67 Å². The molecule has 0 bridgehead atoms. The van der Waals surface area contributed by atoms with E-state index in [0.717, 1.165) is 12.1 Å². The Bertz CT molecular complexity index is 95.8. The molecule has 1 saturated heterocycles. The maximum atomic E-state index is 3.32. The van der Waals surface area contributed by atoms with Crippen LogP contribution in [0, 0.1) is 6.67 Å². The van der Waals surface area contributed by atoms with Gasteiger partial charge in [0.1, 0.15) is 0 Å². The van der Waals surface area contributed by atoms with Gasteiger partial charge in [-0.05, 0) is 24.9 Å². The Morgan fingerprint density at radius 2 is 1.50 bits per heavy atom. The summed E-state index contributed by atoms with van der Waals surface area (Å²) in [5, 5.41) is 6.64. The van der Waals surface area contributed by atoms with Gasteiger partial charge in [0.25, 0.3) is 0 Å². The van der Waals surface area contributed by atoms with Crippen molar-refractivity contribution in [2.24, 2.45) is 0 Å². The molecule has 2 nitrogen and oxygen atoms in total. The first-order chi connectivity index (χ1) is 4.47. The maximum Gasteiger partial charge on any atom is 0 e. The summed E-state index contributed by atoms with van der Waals surface area (Å²) in [5.74, 6) is 0. The quantitative estimate of drug-likeness (QED) is 0.577. The third-order valence-electron chi connectivity index (χ3n) is 2.36. The zero-order valence-corrected chi connectivity index (χ0v) is 8.98. The van der Waals surface area contributed by atoms with E-state index in [1.807, 2.05) is 6.67 Å². The van der Waals surface area contributed by atoms with Gasteiger partial charge in [-0.15, -0.1) is 0 Å². The SMILES string of the molecule is [CH-]1NC2CCCCC2N1.[Y]. The molecule has 2 atom stereocenters. The molecule has 2 N–H and O–H groups in total. The molecule has 1 aliphatic heterocycles. The van der Waals surface area contributed by atoms with Crippen LogP contribution in [0.4, 0.5) is 0 Å². The summed E-state index contributed by atoms with van der Waals surface area (Å²) in [6, 6.07) is 1.50. The molecular weight excluding hydrogens is 201 g/mol. The van der Waals surface area contributed by atoms with Crippen LogP contribution in [0.15, 0.2) is 0 Å². The molecule has 0 aromatic carbocycles. The number of hydrogen-bond donors (Lipinski definition) is 2. The fraction of sp³-hybridized carbons (Fsp3) is 0.857. The molecule has 3 heteroatoms. The van der Waals surface area contributed by atoms with Crippen molar-refractivity contribution in [3.8, 4) is 0 Å². The monoisotopic (exact) mass is 214 g/mol. The van der Waals surface area contributed by atoms with E-state index in [0.29, 0.717) is 0 Å². The first kappa shape index (κ1) is 9.11. The van der Waals surface area contributed by atoms with E-state index in [-0.39, 0.29) is 32.7 Å². The minimum atomic E-state index is 0. The molecular formula is C7H13N2Y-. The Hall–Kier alpha value is 1.02. The van der Waals surface area contributed by atoms with Gasteiger partial charge in [0.2, 0.25) is 0 Å². The third kappa shape index (κ3) is 1.79. The van der Waals surface area contributed by atoms with Crippen LogP contribution < -0.4 is 10.6 Å². The maximum absolute atomic E-state index is 3.32. The van der Waals surface area contributed by atoms with Crippen molar-refractivity contribution in [2.75, 3.05) is 0 Å². The molecule has 0 spiro atoms. The van der Waals surface area contributed by atoms with Crippen molar-refractivity contribution in [1.29, 1.82) is 0 Å². The molecule has 1 aliphatic carbocycles. The molecule has 10 heavy (non-hydrogen) atoms. The van der Waals surface area contributed by atoms with Crippen LogP contribution in [-0.4, -0.2) is 12.1 Å². The Morgan fingerprint density at radius 3 is 2.00 bits per heavy atom. The van der Waals surface area contributed by atoms with Gasteiger partial charge in [-0.1, -0.05) is 12.8 Å². The summed E-state index contributed by atoms with van der Waals surface area (Å²) in [5.41, 5.74) is 0. The zero-order valence-electron chi connectivity index (χ0n) is 6.14. The van der Waals surface area contributed by atoms with E-state index in [2.05, 4.69) is 10.6 Å². The number of fused-ring (bicyclic) bond motifs is 1. The van der Waals surface area contributed by atoms with Gasteiger partial charge in [0, 0.05) is 32.7 Å². The van der Waals surface area contributed by atoms with Gasteiger partial charge in [0.15, 0.2) is 0 Å². The largest absolute Gasteiger partial charge is 0.453 e. The van der Waals surface area contributed by atoms with Crippen LogP contribution in [0.2, 0.25) is 0 Å². The van der Waals surface area contributed by atoms with Gasteiger partial charge >= 0.3 is 0 Å². The minimum absolute atomic E-state index is 0. The van der Waals surface area contributed by atoms with Crippen LogP contribution in [0.25, 0.3) is 0 Å². The summed E-state index contributed by atoms with van der Waals surface area (Å²) < 4.78 is 0. The summed E-state index contributed by atoms with van der Waals surface area (Å²) in [6.07, 6.45) is 5.52. The number of rotatable bonds is 0. The van der Waals surface area contributed by atoms with Crippen molar-refractivity contribution in [2.45, 2.75) is 37.8 Å². The molecule has 2 unspecified atom stereocenters. The molecule has 2 rings (SSSR count). The fourth-order valence-corrected chi connectivity index (χ4v) is 1.79. The summed E-state index contributed by atoms with van der Waals surface area (Å²) in [6.45, 7) is 2.00. The second-order valence-corrected chi connectivity index (χ2v) is 2.98. The van der Waals surface area contributed by atoms with E-state index in [1.165, 1.54) is 25.7 Å². The second kappa shape index (κ2) is 4.15. The molecule has 2 fully saturated rings. The molecule has 55 valence electrons. The summed E-state index contributed by atoms with van der Waals surface area (Å²) >= 11 is 0. The van der Waals surface area contributed by atoms with E-state index in [9.17, 15) is 0 Å². The predicted octanol–water partition coefficient (Wildman–Crippen LogP) is 0.607. The van der Waals surface area contributed by atoms with Crippen molar-refractivity contribution in [1.82, 2.24) is 10.6 Å². The normalized spacial score (nSPS) is 38.4.